The van der Waals surface area contributed by atoms with Crippen molar-refractivity contribution in [3.63, 3.8) is 0 Å². The first-order valence-corrected chi connectivity index (χ1v) is 6.16. The van der Waals surface area contributed by atoms with E-state index in [0.717, 1.165) is 33.9 Å². The molecule has 1 aromatic carbocycles. The van der Waals surface area contributed by atoms with Gasteiger partial charge in [0.1, 0.15) is 5.75 Å². The van der Waals surface area contributed by atoms with Crippen molar-refractivity contribution in [2.75, 3.05) is 19.6 Å². The van der Waals surface area contributed by atoms with Crippen LogP contribution in [-0.2, 0) is 6.54 Å². The van der Waals surface area contributed by atoms with E-state index in [9.17, 15) is 0 Å². The number of hydrogen-bond acceptors (Lipinski definition) is 2. The normalized spacial score (nSPS) is 10.8. The zero-order valence-corrected chi connectivity index (χ0v) is 11.5. The molecule has 0 atom stereocenters. The van der Waals surface area contributed by atoms with Crippen LogP contribution in [0.25, 0.3) is 0 Å². The monoisotopic (exact) mass is 291 g/mol. The lowest BCUT2D eigenvalue weighted by molar-refractivity contribution is 0.363. The molecule has 0 unspecified atom stereocenters. The van der Waals surface area contributed by atoms with E-state index in [1.807, 2.05) is 26.1 Å². The summed E-state index contributed by atoms with van der Waals surface area (Å²) in [6, 6.07) is 3.87. The molecule has 0 N–H and O–H groups in total. The van der Waals surface area contributed by atoms with Gasteiger partial charge in [0.2, 0.25) is 0 Å². The Morgan fingerprint density at radius 3 is 2.67 bits per heavy atom. The Bertz CT molecular complexity index is 344. The molecule has 1 rings (SSSR count). The van der Waals surface area contributed by atoms with Gasteiger partial charge in [-0.05, 0) is 31.7 Å². The van der Waals surface area contributed by atoms with Crippen molar-refractivity contribution < 1.29 is 4.74 Å². The van der Waals surface area contributed by atoms with Crippen molar-refractivity contribution in [2.45, 2.75) is 13.5 Å². The summed E-state index contributed by atoms with van der Waals surface area (Å²) in [6.07, 6.45) is 0. The molecule has 1 aromatic rings. The van der Waals surface area contributed by atoms with Crippen LogP contribution in [0.1, 0.15) is 11.1 Å². The third-order valence-corrected chi connectivity index (χ3v) is 3.24. The Balaban J connectivity index is 3.03. The first kappa shape index (κ1) is 12.8. The maximum absolute atomic E-state index is 6.02. The third-order valence-electron chi connectivity index (χ3n) is 2.16. The summed E-state index contributed by atoms with van der Waals surface area (Å²) in [5, 5.41) is 0.756. The Kier molecular flexibility index (Phi) is 4.90. The highest BCUT2D eigenvalue weighted by Crippen LogP contribution is 2.28. The predicted octanol–water partition coefficient (Wildman–Crippen LogP) is 3.44. The number of hydrogen-bond donors (Lipinski definition) is 0. The highest BCUT2D eigenvalue weighted by molar-refractivity contribution is 9.09. The van der Waals surface area contributed by atoms with Crippen molar-refractivity contribution in [3.8, 4) is 5.75 Å². The van der Waals surface area contributed by atoms with Gasteiger partial charge in [-0.2, -0.15) is 0 Å². The topological polar surface area (TPSA) is 12.5 Å². The van der Waals surface area contributed by atoms with Crippen molar-refractivity contribution in [2.24, 2.45) is 0 Å². The highest BCUT2D eigenvalue weighted by atomic mass is 79.9. The third kappa shape index (κ3) is 3.37. The maximum Gasteiger partial charge on any atom is 0.126 e. The van der Waals surface area contributed by atoms with Crippen LogP contribution in [0, 0.1) is 6.92 Å². The second-order valence-corrected chi connectivity index (χ2v) is 4.49. The molecular formula is C11H15BrClNO. The van der Waals surface area contributed by atoms with Gasteiger partial charge in [0, 0.05) is 17.1 Å². The molecule has 2 nitrogen and oxygen atoms in total. The molecular weight excluding hydrogens is 277 g/mol. The fraction of sp³-hybridized carbons (Fsp3) is 0.455. The molecule has 0 aliphatic heterocycles. The lowest BCUT2D eigenvalue weighted by atomic mass is 10.1. The largest absolute Gasteiger partial charge is 0.496 e. The Labute approximate surface area is 104 Å². The number of rotatable bonds is 4. The van der Waals surface area contributed by atoms with Gasteiger partial charge in [-0.25, -0.2) is 0 Å². The summed E-state index contributed by atoms with van der Waals surface area (Å²) >= 11 is 9.43. The molecule has 0 amide bonds. The summed E-state index contributed by atoms with van der Waals surface area (Å²) in [6.45, 7) is 2.82. The van der Waals surface area contributed by atoms with Crippen LogP contribution in [0.3, 0.4) is 0 Å². The van der Waals surface area contributed by atoms with Gasteiger partial charge in [-0.1, -0.05) is 27.5 Å². The standard InChI is InChI=1S/C11H15BrClNO/c1-8-4-10(13)5-9(11(8)15-3)6-14(2)7-12/h4-5H,6-7H2,1-3H3. The van der Waals surface area contributed by atoms with Gasteiger partial charge in [0.15, 0.2) is 0 Å². The maximum atomic E-state index is 6.02. The summed E-state index contributed by atoms with van der Waals surface area (Å²) < 4.78 is 5.38. The minimum atomic E-state index is 0.756. The predicted molar refractivity (Wildman–Crippen MR) is 68.0 cm³/mol. The average molecular weight is 293 g/mol. The molecule has 84 valence electrons. The van der Waals surface area contributed by atoms with Gasteiger partial charge < -0.3 is 4.74 Å². The van der Waals surface area contributed by atoms with E-state index in [1.165, 1.54) is 0 Å². The molecule has 0 aliphatic carbocycles. The minimum absolute atomic E-state index is 0.756. The quantitative estimate of drug-likeness (QED) is 0.622. The minimum Gasteiger partial charge on any atom is -0.496 e. The molecule has 0 saturated heterocycles. The number of methoxy groups -OCH3 is 1. The second kappa shape index (κ2) is 5.73. The van der Waals surface area contributed by atoms with Crippen LogP contribution < -0.4 is 4.74 Å². The number of ether oxygens (including phenoxy) is 1. The van der Waals surface area contributed by atoms with E-state index in [-0.39, 0.29) is 0 Å². The summed E-state index contributed by atoms with van der Waals surface area (Å²) in [7, 11) is 3.72. The highest BCUT2D eigenvalue weighted by Gasteiger charge is 2.09. The zero-order valence-electron chi connectivity index (χ0n) is 9.18. The molecule has 0 bridgehead atoms. The van der Waals surface area contributed by atoms with E-state index in [0.29, 0.717) is 0 Å². The summed E-state index contributed by atoms with van der Waals surface area (Å²) in [4.78, 5) is 2.13. The molecule has 15 heavy (non-hydrogen) atoms. The number of halogens is 2. The van der Waals surface area contributed by atoms with Crippen LogP contribution in [0.15, 0.2) is 12.1 Å². The van der Waals surface area contributed by atoms with E-state index in [1.54, 1.807) is 7.11 Å². The van der Waals surface area contributed by atoms with Crippen molar-refractivity contribution in [1.29, 1.82) is 0 Å². The zero-order chi connectivity index (χ0) is 11.4. The van der Waals surface area contributed by atoms with Crippen molar-refractivity contribution in [3.05, 3.63) is 28.3 Å². The van der Waals surface area contributed by atoms with Crippen LogP contribution >= 0.6 is 27.5 Å². The first-order chi connectivity index (χ1) is 7.08. The van der Waals surface area contributed by atoms with Crippen LogP contribution in [-0.4, -0.2) is 24.5 Å². The van der Waals surface area contributed by atoms with Crippen molar-refractivity contribution in [1.82, 2.24) is 4.90 Å². The van der Waals surface area contributed by atoms with Crippen LogP contribution in [0.4, 0.5) is 0 Å². The summed E-state index contributed by atoms with van der Waals surface area (Å²) in [5.41, 5.74) is 3.01. The van der Waals surface area contributed by atoms with Crippen molar-refractivity contribution >= 4 is 27.5 Å². The number of alkyl halides is 1. The number of benzene rings is 1. The van der Waals surface area contributed by atoms with E-state index in [4.69, 9.17) is 16.3 Å². The molecule has 0 heterocycles. The molecule has 4 heteroatoms. The molecule has 0 saturated carbocycles. The molecule has 0 radical (unpaired) electrons. The first-order valence-electron chi connectivity index (χ1n) is 4.66. The Hall–Kier alpha value is -0.250. The fourth-order valence-electron chi connectivity index (χ4n) is 1.54. The van der Waals surface area contributed by atoms with E-state index < -0.39 is 0 Å². The number of aryl methyl sites for hydroxylation is 1. The van der Waals surface area contributed by atoms with Gasteiger partial charge in [-0.3, -0.25) is 4.90 Å². The smallest absolute Gasteiger partial charge is 0.126 e. The SMILES string of the molecule is COc1c(C)cc(Cl)cc1CN(C)CBr. The lowest BCUT2D eigenvalue weighted by Crippen LogP contribution is -2.15. The van der Waals surface area contributed by atoms with Crippen LogP contribution in [0.5, 0.6) is 5.75 Å². The molecule has 0 aliphatic rings. The van der Waals surface area contributed by atoms with E-state index in [2.05, 4.69) is 20.8 Å². The van der Waals surface area contributed by atoms with Crippen LogP contribution in [0.2, 0.25) is 5.02 Å². The lowest BCUT2D eigenvalue weighted by Gasteiger charge is -2.17. The Morgan fingerprint density at radius 2 is 2.13 bits per heavy atom. The van der Waals surface area contributed by atoms with Gasteiger partial charge in [0.25, 0.3) is 0 Å². The second-order valence-electron chi connectivity index (χ2n) is 3.55. The molecule has 0 aromatic heterocycles. The van der Waals surface area contributed by atoms with Gasteiger partial charge >= 0.3 is 0 Å². The van der Waals surface area contributed by atoms with Gasteiger partial charge in [0.05, 0.1) is 12.6 Å². The average Bonchev–Trinajstić information content (AvgIpc) is 2.17. The fourth-order valence-corrected chi connectivity index (χ4v) is 2.01. The summed E-state index contributed by atoms with van der Waals surface area (Å²) in [5.74, 6) is 0.923. The number of nitrogens with zero attached hydrogens (tertiary/aromatic N) is 1. The molecule has 0 spiro atoms. The van der Waals surface area contributed by atoms with Gasteiger partial charge in [-0.15, -0.1) is 0 Å². The van der Waals surface area contributed by atoms with E-state index >= 15 is 0 Å². The Morgan fingerprint density at radius 1 is 1.47 bits per heavy atom. The molecule has 0 fully saturated rings.